The zero-order chi connectivity index (χ0) is 18.4. The molecule has 0 spiro atoms. The van der Waals surface area contributed by atoms with Crippen molar-refractivity contribution in [2.45, 2.75) is 57.0 Å². The molecule has 1 aromatic heterocycles. The number of thiophene rings is 1. The molecule has 2 amide bonds. The summed E-state index contributed by atoms with van der Waals surface area (Å²) in [5, 5.41) is 5.84. The standard InChI is InChI=1S/C18H28BrN3O2S/c1-13(21-17(24)14-8-9-15(19)25-14)16(23)20-12-18(22(2)3)10-6-4-5-7-11-18/h8-9,13H,4-7,10-12H2,1-3H3,(H,20,23)(H,21,24)/t13-/m1/s1. The highest BCUT2D eigenvalue weighted by Gasteiger charge is 2.34. The number of rotatable bonds is 6. The molecule has 0 aromatic carbocycles. The Morgan fingerprint density at radius 3 is 2.40 bits per heavy atom. The summed E-state index contributed by atoms with van der Waals surface area (Å²) in [4.78, 5) is 27.5. The van der Waals surface area contributed by atoms with Crippen LogP contribution < -0.4 is 10.6 Å². The first-order valence-corrected chi connectivity index (χ1v) is 10.5. The van der Waals surface area contributed by atoms with Crippen molar-refractivity contribution in [1.29, 1.82) is 0 Å². The van der Waals surface area contributed by atoms with Gasteiger partial charge in [0.1, 0.15) is 6.04 Å². The Kier molecular flexibility index (Phi) is 7.46. The van der Waals surface area contributed by atoms with Crippen LogP contribution in [0.4, 0.5) is 0 Å². The minimum absolute atomic E-state index is 0.0223. The molecular formula is C18H28BrN3O2S. The first kappa shape index (κ1) is 20.4. The van der Waals surface area contributed by atoms with Gasteiger partial charge in [0.2, 0.25) is 5.91 Å². The molecule has 1 aromatic rings. The topological polar surface area (TPSA) is 61.4 Å². The highest BCUT2D eigenvalue weighted by Crippen LogP contribution is 2.30. The third-order valence-corrected chi connectivity index (χ3v) is 6.73. The average molecular weight is 430 g/mol. The number of nitrogens with zero attached hydrogens (tertiary/aromatic N) is 1. The fraction of sp³-hybridized carbons (Fsp3) is 0.667. The molecule has 25 heavy (non-hydrogen) atoms. The molecule has 2 N–H and O–H groups in total. The number of halogens is 1. The van der Waals surface area contributed by atoms with Crippen LogP contribution in [0, 0.1) is 0 Å². The van der Waals surface area contributed by atoms with E-state index in [1.807, 2.05) is 6.07 Å². The SMILES string of the molecule is C[C@@H](NC(=O)c1ccc(Br)s1)C(=O)NCC1(N(C)C)CCCCCC1. The predicted octanol–water partition coefficient (Wildman–Crippen LogP) is 3.40. The summed E-state index contributed by atoms with van der Waals surface area (Å²) >= 11 is 4.70. The summed E-state index contributed by atoms with van der Waals surface area (Å²) in [5.41, 5.74) is 0.0223. The second-order valence-corrected chi connectivity index (χ2v) is 9.51. The molecule has 0 radical (unpaired) electrons. The lowest BCUT2D eigenvalue weighted by atomic mass is 9.88. The number of amides is 2. The molecule has 140 valence electrons. The van der Waals surface area contributed by atoms with E-state index in [4.69, 9.17) is 0 Å². The van der Waals surface area contributed by atoms with Crippen LogP contribution in [0.3, 0.4) is 0 Å². The van der Waals surface area contributed by atoms with Crippen LogP contribution in [0.2, 0.25) is 0 Å². The summed E-state index contributed by atoms with van der Waals surface area (Å²) in [7, 11) is 4.19. The first-order valence-electron chi connectivity index (χ1n) is 8.85. The molecule has 0 unspecified atom stereocenters. The number of carbonyl (C=O) groups excluding carboxylic acids is 2. The fourth-order valence-corrected chi connectivity index (χ4v) is 4.63. The molecular weight excluding hydrogens is 402 g/mol. The molecule has 0 saturated heterocycles. The van der Waals surface area contributed by atoms with Crippen molar-refractivity contribution in [1.82, 2.24) is 15.5 Å². The van der Waals surface area contributed by atoms with Gasteiger partial charge in [0, 0.05) is 12.1 Å². The molecule has 1 fully saturated rings. The third kappa shape index (κ3) is 5.53. The molecule has 1 aliphatic rings. The summed E-state index contributed by atoms with van der Waals surface area (Å²) in [6, 6.07) is 3.02. The van der Waals surface area contributed by atoms with Crippen LogP contribution in [-0.4, -0.2) is 48.9 Å². The van der Waals surface area contributed by atoms with Gasteiger partial charge in [0.05, 0.1) is 8.66 Å². The smallest absolute Gasteiger partial charge is 0.262 e. The van der Waals surface area contributed by atoms with Crippen LogP contribution in [-0.2, 0) is 4.79 Å². The van der Waals surface area contributed by atoms with Gasteiger partial charge in [-0.2, -0.15) is 0 Å². The van der Waals surface area contributed by atoms with Crippen LogP contribution in [0.1, 0.15) is 55.1 Å². The van der Waals surface area contributed by atoms with Crippen molar-refractivity contribution < 1.29 is 9.59 Å². The van der Waals surface area contributed by atoms with Gasteiger partial charge >= 0.3 is 0 Å². The lowest BCUT2D eigenvalue weighted by Gasteiger charge is -2.40. The van der Waals surface area contributed by atoms with Gasteiger partial charge in [0.15, 0.2) is 0 Å². The highest BCUT2D eigenvalue weighted by atomic mass is 79.9. The van der Waals surface area contributed by atoms with E-state index in [9.17, 15) is 9.59 Å². The number of hydrogen-bond acceptors (Lipinski definition) is 4. The van der Waals surface area contributed by atoms with Gasteiger partial charge in [-0.15, -0.1) is 11.3 Å². The maximum Gasteiger partial charge on any atom is 0.262 e. The van der Waals surface area contributed by atoms with Crippen LogP contribution in [0.25, 0.3) is 0 Å². The van der Waals surface area contributed by atoms with E-state index in [0.717, 1.165) is 16.6 Å². The summed E-state index contributed by atoms with van der Waals surface area (Å²) < 4.78 is 0.899. The number of hydrogen-bond donors (Lipinski definition) is 2. The van der Waals surface area contributed by atoms with Crippen LogP contribution in [0.5, 0.6) is 0 Å². The van der Waals surface area contributed by atoms with Gasteiger partial charge in [0.25, 0.3) is 5.91 Å². The van der Waals surface area contributed by atoms with Crippen LogP contribution in [0.15, 0.2) is 15.9 Å². The molecule has 2 rings (SSSR count). The quantitative estimate of drug-likeness (QED) is 0.681. The average Bonchev–Trinajstić information content (AvgIpc) is 2.86. The Bertz CT molecular complexity index is 595. The number of carbonyl (C=O) groups is 2. The maximum atomic E-state index is 12.5. The van der Waals surface area contributed by atoms with E-state index < -0.39 is 6.04 Å². The van der Waals surface area contributed by atoms with E-state index >= 15 is 0 Å². The van der Waals surface area contributed by atoms with Gasteiger partial charge < -0.3 is 15.5 Å². The van der Waals surface area contributed by atoms with Crippen molar-refractivity contribution in [3.05, 3.63) is 20.8 Å². The minimum atomic E-state index is -0.557. The molecule has 0 bridgehead atoms. The zero-order valence-electron chi connectivity index (χ0n) is 15.2. The second kappa shape index (κ2) is 9.14. The van der Waals surface area contributed by atoms with Crippen molar-refractivity contribution in [2.24, 2.45) is 0 Å². The van der Waals surface area contributed by atoms with Gasteiger partial charge in [-0.1, -0.05) is 25.7 Å². The second-order valence-electron chi connectivity index (χ2n) is 7.05. The molecule has 5 nitrogen and oxygen atoms in total. The summed E-state index contributed by atoms with van der Waals surface area (Å²) in [5.74, 6) is -0.343. The summed E-state index contributed by atoms with van der Waals surface area (Å²) in [6.07, 6.45) is 7.15. The van der Waals surface area contributed by atoms with E-state index in [0.29, 0.717) is 11.4 Å². The number of nitrogens with one attached hydrogen (secondary N) is 2. The van der Waals surface area contributed by atoms with Crippen molar-refractivity contribution in [2.75, 3.05) is 20.6 Å². The van der Waals surface area contributed by atoms with Crippen LogP contribution >= 0.6 is 27.3 Å². The Labute approximate surface area is 162 Å². The van der Waals surface area contributed by atoms with Gasteiger partial charge in [-0.05, 0) is 61.9 Å². The zero-order valence-corrected chi connectivity index (χ0v) is 17.6. The van der Waals surface area contributed by atoms with E-state index in [1.54, 1.807) is 13.0 Å². The summed E-state index contributed by atoms with van der Waals surface area (Å²) in [6.45, 7) is 2.36. The Morgan fingerprint density at radius 2 is 1.88 bits per heavy atom. The van der Waals surface area contributed by atoms with Crippen molar-refractivity contribution >= 4 is 39.1 Å². The number of likely N-dealkylation sites (N-methyl/N-ethyl adjacent to an activating group) is 1. The van der Waals surface area contributed by atoms with E-state index in [1.165, 1.54) is 37.0 Å². The monoisotopic (exact) mass is 429 g/mol. The maximum absolute atomic E-state index is 12.5. The molecule has 1 atom stereocenters. The molecule has 1 saturated carbocycles. The molecule has 0 aliphatic heterocycles. The Morgan fingerprint density at radius 1 is 1.24 bits per heavy atom. The first-order chi connectivity index (χ1) is 11.8. The third-order valence-electron chi connectivity index (χ3n) is 5.11. The highest BCUT2D eigenvalue weighted by molar-refractivity contribution is 9.11. The fourth-order valence-electron chi connectivity index (χ4n) is 3.34. The largest absolute Gasteiger partial charge is 0.352 e. The van der Waals surface area contributed by atoms with E-state index in [2.05, 4.69) is 45.6 Å². The van der Waals surface area contributed by atoms with Gasteiger partial charge in [-0.3, -0.25) is 9.59 Å². The lowest BCUT2D eigenvalue weighted by Crippen LogP contribution is -2.55. The molecule has 1 heterocycles. The Hall–Kier alpha value is -0.920. The molecule has 1 aliphatic carbocycles. The lowest BCUT2D eigenvalue weighted by molar-refractivity contribution is -0.123. The minimum Gasteiger partial charge on any atom is -0.352 e. The van der Waals surface area contributed by atoms with E-state index in [-0.39, 0.29) is 17.4 Å². The van der Waals surface area contributed by atoms with Gasteiger partial charge in [-0.25, -0.2) is 0 Å². The Balaban J connectivity index is 1.90. The predicted molar refractivity (Wildman–Crippen MR) is 106 cm³/mol. The normalized spacial score (nSPS) is 18.4. The van der Waals surface area contributed by atoms with Crippen molar-refractivity contribution in [3.63, 3.8) is 0 Å². The molecule has 7 heteroatoms. The van der Waals surface area contributed by atoms with Crippen molar-refractivity contribution in [3.8, 4) is 0 Å².